The second-order valence-electron chi connectivity index (χ2n) is 3.71. The van der Waals surface area contributed by atoms with Crippen molar-refractivity contribution in [2.24, 2.45) is 0 Å². The molecule has 0 aliphatic carbocycles. The first kappa shape index (κ1) is 14.3. The fourth-order valence-corrected chi connectivity index (χ4v) is 1.87. The van der Waals surface area contributed by atoms with Crippen molar-refractivity contribution in [3.05, 3.63) is 0 Å². The van der Waals surface area contributed by atoms with Gasteiger partial charge in [0.25, 0.3) is 0 Å². The van der Waals surface area contributed by atoms with Crippen molar-refractivity contribution in [2.45, 2.75) is 18.1 Å². The molecule has 0 aromatic carbocycles. The summed E-state index contributed by atoms with van der Waals surface area (Å²) in [7, 11) is 3.33. The molecule has 0 fully saturated rings. The fraction of sp³-hybridized carbons (Fsp3) is 0.556. The Kier molecular flexibility index (Phi) is 4.95. The van der Waals surface area contributed by atoms with E-state index in [0.717, 1.165) is 11.8 Å². The predicted molar refractivity (Wildman–Crippen MR) is 66.1 cm³/mol. The zero-order valence-electron chi connectivity index (χ0n) is 10.2. The molecule has 1 aromatic rings. The van der Waals surface area contributed by atoms with Gasteiger partial charge in [0.05, 0.1) is 5.75 Å². The Labute approximate surface area is 108 Å². The monoisotopic (exact) mass is 273 g/mol. The number of amides is 1. The maximum atomic E-state index is 11.5. The molecule has 0 radical (unpaired) electrons. The highest BCUT2D eigenvalue weighted by molar-refractivity contribution is 7.99. The number of hydrogen-bond donors (Lipinski definition) is 2. The van der Waals surface area contributed by atoms with Gasteiger partial charge in [0.15, 0.2) is 5.16 Å². The van der Waals surface area contributed by atoms with Crippen molar-refractivity contribution >= 4 is 29.6 Å². The highest BCUT2D eigenvalue weighted by atomic mass is 32.2. The first-order valence-electron chi connectivity index (χ1n) is 5.15. The number of carbonyl (C=O) groups is 2. The van der Waals surface area contributed by atoms with E-state index in [1.54, 1.807) is 14.1 Å². The SMILES string of the molecule is CN(C)C(=O)CCn1c(N)nnc1SCC(=O)O. The standard InChI is InChI=1S/C9H15N5O3S/c1-13(2)6(15)3-4-14-8(10)11-12-9(14)18-5-7(16)17/h3-5H2,1-2H3,(H2,10,11)(H,16,17). The number of aromatic nitrogens is 3. The van der Waals surface area contributed by atoms with Crippen LogP contribution in [0.5, 0.6) is 0 Å². The molecule has 9 heteroatoms. The third kappa shape index (κ3) is 3.91. The number of nitrogen functional groups attached to an aromatic ring is 1. The lowest BCUT2D eigenvalue weighted by Crippen LogP contribution is -2.23. The number of carboxylic acid groups (broad SMARTS) is 1. The normalized spacial score (nSPS) is 10.3. The van der Waals surface area contributed by atoms with Crippen molar-refractivity contribution in [1.29, 1.82) is 0 Å². The summed E-state index contributed by atoms with van der Waals surface area (Å²) in [4.78, 5) is 23.4. The van der Waals surface area contributed by atoms with Crippen molar-refractivity contribution in [3.63, 3.8) is 0 Å². The lowest BCUT2D eigenvalue weighted by molar-refractivity contribution is -0.134. The maximum Gasteiger partial charge on any atom is 0.313 e. The van der Waals surface area contributed by atoms with E-state index in [1.807, 2.05) is 0 Å². The van der Waals surface area contributed by atoms with Crippen LogP contribution in [-0.2, 0) is 16.1 Å². The minimum absolute atomic E-state index is 0.0442. The molecule has 0 saturated carbocycles. The Balaban J connectivity index is 2.66. The van der Waals surface area contributed by atoms with E-state index < -0.39 is 5.97 Å². The van der Waals surface area contributed by atoms with E-state index in [1.165, 1.54) is 9.47 Å². The van der Waals surface area contributed by atoms with Crippen LogP contribution in [0.25, 0.3) is 0 Å². The second kappa shape index (κ2) is 6.24. The molecule has 0 saturated heterocycles. The summed E-state index contributed by atoms with van der Waals surface area (Å²) in [5.74, 6) is -0.941. The number of hydrogen-bond acceptors (Lipinski definition) is 6. The predicted octanol–water partition coefficient (Wildman–Crippen LogP) is -0.485. The molecule has 0 atom stereocenters. The number of anilines is 1. The molecular weight excluding hydrogens is 258 g/mol. The molecule has 1 amide bonds. The van der Waals surface area contributed by atoms with Crippen LogP contribution in [0.4, 0.5) is 5.95 Å². The summed E-state index contributed by atoms with van der Waals surface area (Å²) in [5.41, 5.74) is 5.61. The molecule has 0 unspecified atom stereocenters. The van der Waals surface area contributed by atoms with Gasteiger partial charge in [-0.1, -0.05) is 11.8 Å². The van der Waals surface area contributed by atoms with Gasteiger partial charge in [0.1, 0.15) is 0 Å². The molecule has 8 nitrogen and oxygen atoms in total. The molecule has 3 N–H and O–H groups in total. The van der Waals surface area contributed by atoms with Crippen LogP contribution in [0.1, 0.15) is 6.42 Å². The Morgan fingerprint density at radius 2 is 2.11 bits per heavy atom. The van der Waals surface area contributed by atoms with Gasteiger partial charge in [-0.2, -0.15) is 0 Å². The highest BCUT2D eigenvalue weighted by Crippen LogP contribution is 2.18. The summed E-state index contributed by atoms with van der Waals surface area (Å²) in [6.07, 6.45) is 0.260. The molecule has 0 spiro atoms. The quantitative estimate of drug-likeness (QED) is 0.672. The summed E-state index contributed by atoms with van der Waals surface area (Å²) in [5, 5.41) is 16.4. The topological polar surface area (TPSA) is 114 Å². The van der Waals surface area contributed by atoms with Gasteiger partial charge in [-0.15, -0.1) is 10.2 Å². The van der Waals surface area contributed by atoms with Crippen molar-refractivity contribution < 1.29 is 14.7 Å². The van der Waals surface area contributed by atoms with Crippen LogP contribution >= 0.6 is 11.8 Å². The van der Waals surface area contributed by atoms with Gasteiger partial charge in [-0.25, -0.2) is 0 Å². The van der Waals surface area contributed by atoms with E-state index in [-0.39, 0.29) is 24.0 Å². The van der Waals surface area contributed by atoms with Crippen LogP contribution in [-0.4, -0.2) is 56.5 Å². The van der Waals surface area contributed by atoms with Crippen LogP contribution in [0.2, 0.25) is 0 Å². The third-order valence-electron chi connectivity index (χ3n) is 2.12. The summed E-state index contributed by atoms with van der Waals surface area (Å²) >= 11 is 1.02. The Morgan fingerprint density at radius 3 is 2.67 bits per heavy atom. The van der Waals surface area contributed by atoms with Crippen LogP contribution < -0.4 is 5.73 Å². The molecule has 1 heterocycles. The molecule has 0 aliphatic rings. The Bertz CT molecular complexity index is 445. The van der Waals surface area contributed by atoms with Gasteiger partial charge in [-0.05, 0) is 0 Å². The second-order valence-corrected chi connectivity index (χ2v) is 4.66. The molecule has 100 valence electrons. The van der Waals surface area contributed by atoms with Crippen molar-refractivity contribution in [1.82, 2.24) is 19.7 Å². The third-order valence-corrected chi connectivity index (χ3v) is 3.07. The summed E-state index contributed by atoms with van der Waals surface area (Å²) < 4.78 is 1.54. The number of aliphatic carboxylic acids is 1. The van der Waals surface area contributed by atoms with Gasteiger partial charge < -0.3 is 15.7 Å². The summed E-state index contributed by atoms with van der Waals surface area (Å²) in [6.45, 7) is 0.331. The molecule has 0 aliphatic heterocycles. The van der Waals surface area contributed by atoms with E-state index >= 15 is 0 Å². The first-order chi connectivity index (χ1) is 8.41. The lowest BCUT2D eigenvalue weighted by Gasteiger charge is -2.11. The van der Waals surface area contributed by atoms with Crippen LogP contribution in [0, 0.1) is 0 Å². The minimum atomic E-state index is -0.947. The van der Waals surface area contributed by atoms with Crippen molar-refractivity contribution in [2.75, 3.05) is 25.6 Å². The summed E-state index contributed by atoms with van der Waals surface area (Å²) in [6, 6.07) is 0. The number of thioether (sulfide) groups is 1. The lowest BCUT2D eigenvalue weighted by atomic mass is 10.4. The number of nitrogens with zero attached hydrogens (tertiary/aromatic N) is 4. The largest absolute Gasteiger partial charge is 0.481 e. The molecule has 18 heavy (non-hydrogen) atoms. The van der Waals surface area contributed by atoms with Crippen molar-refractivity contribution in [3.8, 4) is 0 Å². The number of carbonyl (C=O) groups excluding carboxylic acids is 1. The average Bonchev–Trinajstić information content (AvgIpc) is 2.64. The zero-order chi connectivity index (χ0) is 13.7. The number of rotatable bonds is 6. The molecule has 0 bridgehead atoms. The molecular formula is C9H15N5O3S. The van der Waals surface area contributed by atoms with Gasteiger partial charge in [0, 0.05) is 27.1 Å². The first-order valence-corrected chi connectivity index (χ1v) is 6.13. The average molecular weight is 273 g/mol. The van der Waals surface area contributed by atoms with Gasteiger partial charge in [0.2, 0.25) is 11.9 Å². The smallest absolute Gasteiger partial charge is 0.313 e. The number of nitrogens with two attached hydrogens (primary N) is 1. The Hall–Kier alpha value is -1.77. The van der Waals surface area contributed by atoms with Gasteiger partial charge >= 0.3 is 5.97 Å². The Morgan fingerprint density at radius 1 is 1.44 bits per heavy atom. The maximum absolute atomic E-state index is 11.5. The van der Waals surface area contributed by atoms with Crippen LogP contribution in [0.15, 0.2) is 5.16 Å². The highest BCUT2D eigenvalue weighted by Gasteiger charge is 2.13. The van der Waals surface area contributed by atoms with E-state index in [9.17, 15) is 9.59 Å². The van der Waals surface area contributed by atoms with E-state index in [4.69, 9.17) is 10.8 Å². The van der Waals surface area contributed by atoms with E-state index in [2.05, 4.69) is 10.2 Å². The molecule has 1 aromatic heterocycles. The van der Waals surface area contributed by atoms with E-state index in [0.29, 0.717) is 11.7 Å². The van der Waals surface area contributed by atoms with Gasteiger partial charge in [-0.3, -0.25) is 14.2 Å². The van der Waals surface area contributed by atoms with Crippen LogP contribution in [0.3, 0.4) is 0 Å². The fourth-order valence-electron chi connectivity index (χ4n) is 1.17. The molecule has 1 rings (SSSR count). The number of carboxylic acids is 1. The minimum Gasteiger partial charge on any atom is -0.481 e. The zero-order valence-corrected chi connectivity index (χ0v) is 11.0.